The highest BCUT2D eigenvalue weighted by Gasteiger charge is 2.21. The van der Waals surface area contributed by atoms with Gasteiger partial charge in [-0.1, -0.05) is 6.92 Å². The molecule has 21 heavy (non-hydrogen) atoms. The Morgan fingerprint density at radius 3 is 2.90 bits per heavy atom. The molecule has 0 aliphatic heterocycles. The number of aliphatic hydroxyl groups excluding tert-OH is 1. The topological polar surface area (TPSA) is 74.7 Å². The number of nitrogens with zero attached hydrogens (tertiary/aromatic N) is 2. The summed E-state index contributed by atoms with van der Waals surface area (Å²) in [4.78, 5) is 17.6. The molecule has 0 saturated heterocycles. The lowest BCUT2D eigenvalue weighted by atomic mass is 10.2. The van der Waals surface area contributed by atoms with E-state index in [-0.39, 0.29) is 31.1 Å². The van der Waals surface area contributed by atoms with Crippen molar-refractivity contribution in [3.63, 3.8) is 0 Å². The van der Waals surface area contributed by atoms with Crippen molar-refractivity contribution in [1.29, 1.82) is 0 Å². The van der Waals surface area contributed by atoms with E-state index in [4.69, 9.17) is 9.84 Å². The smallest absolute Gasteiger partial charge is 0.257 e. The average Bonchev–Trinajstić information content (AvgIpc) is 2.50. The molecule has 0 aliphatic carbocycles. The maximum atomic E-state index is 14.3. The summed E-state index contributed by atoms with van der Waals surface area (Å²) >= 11 is 0. The van der Waals surface area contributed by atoms with Crippen LogP contribution in [0.3, 0.4) is 0 Å². The van der Waals surface area contributed by atoms with Gasteiger partial charge in [0.2, 0.25) is 0 Å². The Bertz CT molecular complexity index is 457. The highest BCUT2D eigenvalue weighted by molar-refractivity contribution is 5.95. The second-order valence-electron chi connectivity index (χ2n) is 4.46. The fourth-order valence-electron chi connectivity index (χ4n) is 1.78. The van der Waals surface area contributed by atoms with E-state index in [1.165, 1.54) is 24.3 Å². The Balaban J connectivity index is 2.93. The minimum Gasteiger partial charge on any atom is -0.395 e. The minimum atomic E-state index is -0.670. The summed E-state index contributed by atoms with van der Waals surface area (Å²) in [5.41, 5.74) is -0.0619. The van der Waals surface area contributed by atoms with Gasteiger partial charge < -0.3 is 20.1 Å². The van der Waals surface area contributed by atoms with Crippen LogP contribution in [0.1, 0.15) is 23.7 Å². The van der Waals surface area contributed by atoms with Gasteiger partial charge in [0.1, 0.15) is 0 Å². The van der Waals surface area contributed by atoms with Gasteiger partial charge in [-0.05, 0) is 12.5 Å². The van der Waals surface area contributed by atoms with Crippen molar-refractivity contribution >= 4 is 11.7 Å². The van der Waals surface area contributed by atoms with E-state index in [9.17, 15) is 9.18 Å². The molecule has 0 aromatic carbocycles. The first kappa shape index (κ1) is 17.3. The van der Waals surface area contributed by atoms with Crippen molar-refractivity contribution in [1.82, 2.24) is 9.88 Å². The SMILES string of the molecule is CCCNc1nccc(C(=O)N(CCO)CCOC)c1F. The molecular formula is C14H22FN3O3. The first-order valence-corrected chi connectivity index (χ1v) is 6.93. The normalized spacial score (nSPS) is 10.5. The Labute approximate surface area is 123 Å². The number of carbonyl (C=O) groups is 1. The number of aliphatic hydroxyl groups is 1. The van der Waals surface area contributed by atoms with Crippen LogP contribution < -0.4 is 5.32 Å². The third-order valence-electron chi connectivity index (χ3n) is 2.88. The number of rotatable bonds is 9. The second kappa shape index (κ2) is 9.25. The lowest BCUT2D eigenvalue weighted by molar-refractivity contribution is 0.0652. The number of aromatic nitrogens is 1. The molecule has 0 saturated carbocycles. The van der Waals surface area contributed by atoms with Crippen LogP contribution in [0, 0.1) is 5.82 Å². The number of hydrogen-bond acceptors (Lipinski definition) is 5. The molecule has 1 aromatic heterocycles. The Kier molecular flexibility index (Phi) is 7.63. The Morgan fingerprint density at radius 2 is 2.29 bits per heavy atom. The number of methoxy groups -OCH3 is 1. The first-order chi connectivity index (χ1) is 10.2. The van der Waals surface area contributed by atoms with E-state index in [1.807, 2.05) is 6.92 Å². The van der Waals surface area contributed by atoms with Crippen LogP contribution in [0.2, 0.25) is 0 Å². The maximum absolute atomic E-state index is 14.3. The number of amides is 1. The van der Waals surface area contributed by atoms with Crippen LogP contribution in [0.15, 0.2) is 12.3 Å². The van der Waals surface area contributed by atoms with Crippen LogP contribution in [0.25, 0.3) is 0 Å². The number of pyridine rings is 1. The van der Waals surface area contributed by atoms with Crippen LogP contribution in [0.4, 0.5) is 10.2 Å². The Morgan fingerprint density at radius 1 is 1.52 bits per heavy atom. The van der Waals surface area contributed by atoms with Crippen molar-refractivity contribution in [3.05, 3.63) is 23.6 Å². The quantitative estimate of drug-likeness (QED) is 0.715. The van der Waals surface area contributed by atoms with Crippen LogP contribution in [-0.4, -0.2) is 60.9 Å². The van der Waals surface area contributed by atoms with Crippen molar-refractivity contribution in [2.45, 2.75) is 13.3 Å². The molecular weight excluding hydrogens is 277 g/mol. The molecule has 0 bridgehead atoms. The standard InChI is InChI=1S/C14H22FN3O3/c1-3-5-16-13-12(15)11(4-6-17-13)14(20)18(7-9-19)8-10-21-2/h4,6,19H,3,5,7-10H2,1-2H3,(H,16,17). The van der Waals surface area contributed by atoms with E-state index in [0.717, 1.165) is 6.42 Å². The van der Waals surface area contributed by atoms with Gasteiger partial charge in [0.15, 0.2) is 11.6 Å². The summed E-state index contributed by atoms with van der Waals surface area (Å²) in [7, 11) is 1.52. The predicted octanol–water partition coefficient (Wildman–Crippen LogP) is 1.12. The molecule has 6 nitrogen and oxygen atoms in total. The zero-order valence-electron chi connectivity index (χ0n) is 12.4. The summed E-state index contributed by atoms with van der Waals surface area (Å²) in [6.07, 6.45) is 2.21. The van der Waals surface area contributed by atoms with Crippen molar-refractivity contribution in [2.75, 3.05) is 45.3 Å². The maximum Gasteiger partial charge on any atom is 0.257 e. The largest absolute Gasteiger partial charge is 0.395 e. The number of carbonyl (C=O) groups excluding carboxylic acids is 1. The molecule has 7 heteroatoms. The molecule has 1 aromatic rings. The molecule has 0 unspecified atom stereocenters. The van der Waals surface area contributed by atoms with E-state index in [1.54, 1.807) is 0 Å². The fraction of sp³-hybridized carbons (Fsp3) is 0.571. The van der Waals surface area contributed by atoms with Gasteiger partial charge in [-0.15, -0.1) is 0 Å². The van der Waals surface area contributed by atoms with Crippen molar-refractivity contribution in [2.24, 2.45) is 0 Å². The van der Waals surface area contributed by atoms with Crippen molar-refractivity contribution in [3.8, 4) is 0 Å². The molecule has 0 atom stereocenters. The monoisotopic (exact) mass is 299 g/mol. The third-order valence-corrected chi connectivity index (χ3v) is 2.88. The number of halogens is 1. The summed E-state index contributed by atoms with van der Waals surface area (Å²) in [5.74, 6) is -1.09. The lowest BCUT2D eigenvalue weighted by Gasteiger charge is -2.22. The van der Waals surface area contributed by atoms with Crippen molar-refractivity contribution < 1.29 is 19.0 Å². The molecule has 0 fully saturated rings. The molecule has 2 N–H and O–H groups in total. The first-order valence-electron chi connectivity index (χ1n) is 6.93. The molecule has 1 amide bonds. The van der Waals surface area contributed by atoms with Gasteiger partial charge in [0.25, 0.3) is 5.91 Å². The van der Waals surface area contributed by atoms with E-state index >= 15 is 0 Å². The average molecular weight is 299 g/mol. The van der Waals surface area contributed by atoms with Gasteiger partial charge in [-0.25, -0.2) is 9.37 Å². The number of anilines is 1. The summed E-state index contributed by atoms with van der Waals surface area (Å²) in [6.45, 7) is 3.07. The van der Waals surface area contributed by atoms with Crippen LogP contribution >= 0.6 is 0 Å². The predicted molar refractivity (Wildman–Crippen MR) is 77.8 cm³/mol. The highest BCUT2D eigenvalue weighted by atomic mass is 19.1. The van der Waals surface area contributed by atoms with Crippen LogP contribution in [0.5, 0.6) is 0 Å². The number of ether oxygens (including phenoxy) is 1. The highest BCUT2D eigenvalue weighted by Crippen LogP contribution is 2.17. The molecule has 0 radical (unpaired) electrons. The van der Waals surface area contributed by atoms with Gasteiger partial charge in [0.05, 0.1) is 18.8 Å². The lowest BCUT2D eigenvalue weighted by Crippen LogP contribution is -2.36. The van der Waals surface area contributed by atoms with E-state index in [2.05, 4.69) is 10.3 Å². The number of hydrogen-bond donors (Lipinski definition) is 2. The van der Waals surface area contributed by atoms with Crippen LogP contribution in [-0.2, 0) is 4.74 Å². The molecule has 1 heterocycles. The fourth-order valence-corrected chi connectivity index (χ4v) is 1.78. The Hall–Kier alpha value is -1.73. The molecule has 0 spiro atoms. The summed E-state index contributed by atoms with van der Waals surface area (Å²) in [5, 5.41) is 11.9. The van der Waals surface area contributed by atoms with Gasteiger partial charge in [0, 0.05) is 32.9 Å². The van der Waals surface area contributed by atoms with Gasteiger partial charge in [-0.3, -0.25) is 4.79 Å². The zero-order chi connectivity index (χ0) is 15.7. The van der Waals surface area contributed by atoms with E-state index in [0.29, 0.717) is 13.2 Å². The molecule has 1 rings (SSSR count). The van der Waals surface area contributed by atoms with Gasteiger partial charge in [-0.2, -0.15) is 0 Å². The number of nitrogens with one attached hydrogen (secondary N) is 1. The third kappa shape index (κ3) is 4.95. The summed E-state index contributed by atoms with van der Waals surface area (Å²) in [6, 6.07) is 1.34. The second-order valence-corrected chi connectivity index (χ2v) is 4.46. The molecule has 118 valence electrons. The zero-order valence-corrected chi connectivity index (χ0v) is 12.4. The van der Waals surface area contributed by atoms with Gasteiger partial charge >= 0.3 is 0 Å². The van der Waals surface area contributed by atoms with E-state index < -0.39 is 11.7 Å². The summed E-state index contributed by atoms with van der Waals surface area (Å²) < 4.78 is 19.2. The molecule has 0 aliphatic rings. The minimum absolute atomic E-state index is 0.0619.